The molecule has 6 nitrogen and oxygen atoms in total. The van der Waals surface area contributed by atoms with Gasteiger partial charge in [0, 0.05) is 12.1 Å². The molecule has 1 aliphatic heterocycles. The third-order valence-electron chi connectivity index (χ3n) is 5.33. The van der Waals surface area contributed by atoms with Crippen LogP contribution in [0.2, 0.25) is 0 Å². The first-order valence-electron chi connectivity index (χ1n) is 9.91. The number of aromatic nitrogens is 2. The SMILES string of the molecule is Cc1ccc(-c2nc(C(=O)Nc3ccccc3C(N)=O)c3n2CCCCC3)cc1. The predicted molar refractivity (Wildman–Crippen MR) is 113 cm³/mol. The van der Waals surface area contributed by atoms with Crippen LogP contribution in [0.4, 0.5) is 5.69 Å². The molecular weight excluding hydrogens is 364 g/mol. The first-order chi connectivity index (χ1) is 14.0. The van der Waals surface area contributed by atoms with Crippen molar-refractivity contribution in [3.63, 3.8) is 0 Å². The normalized spacial score (nSPS) is 13.4. The summed E-state index contributed by atoms with van der Waals surface area (Å²) in [5.74, 6) is -0.0807. The molecule has 0 aliphatic carbocycles. The van der Waals surface area contributed by atoms with E-state index in [2.05, 4.69) is 22.0 Å². The molecule has 2 amide bonds. The lowest BCUT2D eigenvalue weighted by atomic mass is 10.1. The van der Waals surface area contributed by atoms with Crippen molar-refractivity contribution in [2.24, 2.45) is 5.73 Å². The lowest BCUT2D eigenvalue weighted by molar-refractivity contribution is 0.100. The van der Waals surface area contributed by atoms with E-state index >= 15 is 0 Å². The number of hydrogen-bond acceptors (Lipinski definition) is 3. The van der Waals surface area contributed by atoms with E-state index in [-0.39, 0.29) is 11.5 Å². The predicted octanol–water partition coefficient (Wildman–Crippen LogP) is 3.94. The van der Waals surface area contributed by atoms with Crippen LogP contribution in [0.3, 0.4) is 0 Å². The van der Waals surface area contributed by atoms with Crippen molar-refractivity contribution in [3.8, 4) is 11.4 Å². The van der Waals surface area contributed by atoms with Crippen LogP contribution in [0.25, 0.3) is 11.4 Å². The molecule has 0 spiro atoms. The summed E-state index contributed by atoms with van der Waals surface area (Å²) in [7, 11) is 0. The number of hydrogen-bond donors (Lipinski definition) is 2. The quantitative estimate of drug-likeness (QED) is 0.709. The molecular formula is C23H24N4O2. The topological polar surface area (TPSA) is 90.0 Å². The smallest absolute Gasteiger partial charge is 0.276 e. The van der Waals surface area contributed by atoms with Crippen molar-refractivity contribution in [2.45, 2.75) is 39.2 Å². The van der Waals surface area contributed by atoms with Gasteiger partial charge in [-0.1, -0.05) is 48.4 Å². The van der Waals surface area contributed by atoms with E-state index in [0.29, 0.717) is 11.4 Å². The van der Waals surface area contributed by atoms with Gasteiger partial charge in [-0.25, -0.2) is 4.98 Å². The average molecular weight is 388 g/mol. The minimum Gasteiger partial charge on any atom is -0.366 e. The van der Waals surface area contributed by atoms with Crippen LogP contribution in [0.1, 0.15) is 51.4 Å². The fourth-order valence-corrected chi connectivity index (χ4v) is 3.81. The first kappa shape index (κ1) is 18.9. The molecule has 1 aliphatic rings. The Labute approximate surface area is 169 Å². The van der Waals surface area contributed by atoms with Crippen LogP contribution < -0.4 is 11.1 Å². The van der Waals surface area contributed by atoms with Crippen molar-refractivity contribution in [1.82, 2.24) is 9.55 Å². The molecule has 0 bridgehead atoms. The maximum atomic E-state index is 13.1. The van der Waals surface area contributed by atoms with Crippen molar-refractivity contribution in [3.05, 3.63) is 71.0 Å². The molecule has 0 saturated carbocycles. The highest BCUT2D eigenvalue weighted by Gasteiger charge is 2.25. The second kappa shape index (κ2) is 7.91. The molecule has 29 heavy (non-hydrogen) atoms. The van der Waals surface area contributed by atoms with Crippen LogP contribution in [0.15, 0.2) is 48.5 Å². The highest BCUT2D eigenvalue weighted by molar-refractivity contribution is 6.08. The molecule has 1 aromatic heterocycles. The van der Waals surface area contributed by atoms with Crippen LogP contribution in [-0.4, -0.2) is 21.4 Å². The summed E-state index contributed by atoms with van der Waals surface area (Å²) in [5.41, 5.74) is 9.67. The summed E-state index contributed by atoms with van der Waals surface area (Å²) in [6.45, 7) is 2.89. The molecule has 3 aromatic rings. The fourth-order valence-electron chi connectivity index (χ4n) is 3.81. The molecule has 3 N–H and O–H groups in total. The molecule has 0 saturated heterocycles. The van der Waals surface area contributed by atoms with Crippen molar-refractivity contribution < 1.29 is 9.59 Å². The van der Waals surface area contributed by atoms with Crippen molar-refractivity contribution in [1.29, 1.82) is 0 Å². The zero-order valence-corrected chi connectivity index (χ0v) is 16.4. The summed E-state index contributed by atoms with van der Waals surface area (Å²) in [6.07, 6.45) is 4.02. The Kier molecular flexibility index (Phi) is 5.16. The third kappa shape index (κ3) is 3.78. The van der Waals surface area contributed by atoms with Gasteiger partial charge in [0.1, 0.15) is 11.5 Å². The largest absolute Gasteiger partial charge is 0.366 e. The van der Waals surface area contributed by atoms with Gasteiger partial charge in [-0.2, -0.15) is 0 Å². The maximum absolute atomic E-state index is 13.1. The zero-order chi connectivity index (χ0) is 20.4. The van der Waals surface area contributed by atoms with Gasteiger partial charge < -0.3 is 15.6 Å². The summed E-state index contributed by atoms with van der Waals surface area (Å²) >= 11 is 0. The monoisotopic (exact) mass is 388 g/mol. The number of nitrogens with zero attached hydrogens (tertiary/aromatic N) is 2. The Morgan fingerprint density at radius 1 is 1.03 bits per heavy atom. The van der Waals surface area contributed by atoms with Crippen LogP contribution >= 0.6 is 0 Å². The van der Waals surface area contributed by atoms with Gasteiger partial charge in [-0.3, -0.25) is 9.59 Å². The van der Waals surface area contributed by atoms with E-state index in [0.717, 1.165) is 49.3 Å². The number of para-hydroxylation sites is 1. The van der Waals surface area contributed by atoms with Gasteiger partial charge in [0.15, 0.2) is 0 Å². The van der Waals surface area contributed by atoms with Gasteiger partial charge in [0.2, 0.25) is 0 Å². The minimum atomic E-state index is -0.579. The van der Waals surface area contributed by atoms with E-state index in [4.69, 9.17) is 10.7 Å². The highest BCUT2D eigenvalue weighted by atomic mass is 16.2. The Morgan fingerprint density at radius 3 is 2.55 bits per heavy atom. The fraction of sp³-hybridized carbons (Fsp3) is 0.261. The zero-order valence-electron chi connectivity index (χ0n) is 16.4. The molecule has 4 rings (SSSR count). The molecule has 6 heteroatoms. The van der Waals surface area contributed by atoms with E-state index < -0.39 is 5.91 Å². The molecule has 0 unspecified atom stereocenters. The first-order valence-corrected chi connectivity index (χ1v) is 9.91. The summed E-state index contributed by atoms with van der Waals surface area (Å²) < 4.78 is 2.17. The number of nitrogens with two attached hydrogens (primary N) is 1. The van der Waals surface area contributed by atoms with Gasteiger partial charge in [0.05, 0.1) is 16.9 Å². The molecule has 2 aromatic carbocycles. The third-order valence-corrected chi connectivity index (χ3v) is 5.33. The van der Waals surface area contributed by atoms with Crippen molar-refractivity contribution >= 4 is 17.5 Å². The maximum Gasteiger partial charge on any atom is 0.276 e. The Bertz CT molecular complexity index is 1070. The van der Waals surface area contributed by atoms with Gasteiger partial charge >= 0.3 is 0 Å². The minimum absolute atomic E-state index is 0.282. The Balaban J connectivity index is 1.75. The van der Waals surface area contributed by atoms with Crippen LogP contribution in [0.5, 0.6) is 0 Å². The number of fused-ring (bicyclic) bond motifs is 1. The van der Waals surface area contributed by atoms with Crippen LogP contribution in [-0.2, 0) is 13.0 Å². The number of primary amides is 1. The summed E-state index contributed by atoms with van der Waals surface area (Å²) in [5, 5.41) is 2.84. The number of aryl methyl sites for hydroxylation is 1. The number of anilines is 1. The Morgan fingerprint density at radius 2 is 1.79 bits per heavy atom. The standard InChI is InChI=1S/C23H24N4O2/c1-15-10-12-16(13-11-15)22-26-20(19-9-3-2-6-14-27(19)22)23(29)25-18-8-5-4-7-17(18)21(24)28/h4-5,7-8,10-13H,2-3,6,9,14H2,1H3,(H2,24,28)(H,25,29). The molecule has 0 fully saturated rings. The number of amides is 2. The van der Waals surface area contributed by atoms with E-state index in [1.165, 1.54) is 5.56 Å². The molecule has 0 atom stereocenters. The van der Waals surface area contributed by atoms with Gasteiger partial charge in [0.25, 0.3) is 11.8 Å². The Hall–Kier alpha value is -3.41. The second-order valence-corrected chi connectivity index (χ2v) is 7.42. The second-order valence-electron chi connectivity index (χ2n) is 7.42. The van der Waals surface area contributed by atoms with Crippen LogP contribution in [0, 0.1) is 6.92 Å². The number of rotatable bonds is 4. The molecule has 0 radical (unpaired) electrons. The number of carbonyl (C=O) groups excluding carboxylic acids is 2. The summed E-state index contributed by atoms with van der Waals surface area (Å²) in [6, 6.07) is 14.9. The van der Waals surface area contributed by atoms with E-state index in [1.807, 2.05) is 19.1 Å². The highest BCUT2D eigenvalue weighted by Crippen LogP contribution is 2.28. The van der Waals surface area contributed by atoms with E-state index in [1.54, 1.807) is 24.3 Å². The van der Waals surface area contributed by atoms with Gasteiger partial charge in [-0.15, -0.1) is 0 Å². The lowest BCUT2D eigenvalue weighted by Crippen LogP contribution is -2.19. The van der Waals surface area contributed by atoms with Gasteiger partial charge in [-0.05, 0) is 38.3 Å². The lowest BCUT2D eigenvalue weighted by Gasteiger charge is -2.10. The average Bonchev–Trinajstić information content (AvgIpc) is 2.90. The number of imidazole rings is 1. The van der Waals surface area contributed by atoms with Crippen molar-refractivity contribution in [2.75, 3.05) is 5.32 Å². The number of nitrogens with one attached hydrogen (secondary N) is 1. The number of carbonyl (C=O) groups is 2. The molecule has 148 valence electrons. The summed E-state index contributed by atoms with van der Waals surface area (Å²) in [4.78, 5) is 29.6. The molecule has 2 heterocycles. The van der Waals surface area contributed by atoms with E-state index in [9.17, 15) is 9.59 Å². The number of benzene rings is 2.